The molecule has 1 aliphatic rings. The Labute approximate surface area is 103 Å². The number of halogens is 2. The monoisotopic (exact) mass is 257 g/mol. The fourth-order valence-electron chi connectivity index (χ4n) is 1.49. The summed E-state index contributed by atoms with van der Waals surface area (Å²) in [5, 5.41) is 0. The molecule has 0 heterocycles. The van der Waals surface area contributed by atoms with Crippen molar-refractivity contribution < 1.29 is 23.0 Å². The maximum absolute atomic E-state index is 12.1. The van der Waals surface area contributed by atoms with Crippen molar-refractivity contribution in [2.45, 2.75) is 19.5 Å². The van der Waals surface area contributed by atoms with E-state index in [0.29, 0.717) is 12.5 Å². The van der Waals surface area contributed by atoms with Gasteiger partial charge in [0.1, 0.15) is 11.5 Å². The van der Waals surface area contributed by atoms with Crippen LogP contribution < -0.4 is 15.2 Å². The van der Waals surface area contributed by atoms with Gasteiger partial charge in [0.2, 0.25) is 0 Å². The molecule has 2 rings (SSSR count). The molecule has 1 amide bonds. The summed E-state index contributed by atoms with van der Waals surface area (Å²) in [5.74, 6) is -0.0526. The summed E-state index contributed by atoms with van der Waals surface area (Å²) in [6.07, 6.45) is 2.16. The number of ether oxygens (including phenoxy) is 2. The molecule has 0 unspecified atom stereocenters. The van der Waals surface area contributed by atoms with Crippen LogP contribution in [0.2, 0.25) is 0 Å². The third kappa shape index (κ3) is 3.32. The Bertz CT molecular complexity index is 447. The van der Waals surface area contributed by atoms with Crippen LogP contribution in [0.3, 0.4) is 0 Å². The molecule has 6 heteroatoms. The highest BCUT2D eigenvalue weighted by atomic mass is 19.3. The summed E-state index contributed by atoms with van der Waals surface area (Å²) < 4.78 is 33.8. The largest absolute Gasteiger partial charge is 0.492 e. The lowest BCUT2D eigenvalue weighted by molar-refractivity contribution is -0.0499. The van der Waals surface area contributed by atoms with E-state index >= 15 is 0 Å². The van der Waals surface area contributed by atoms with Gasteiger partial charge in [-0.3, -0.25) is 4.79 Å². The Balaban J connectivity index is 2.15. The van der Waals surface area contributed by atoms with Crippen LogP contribution in [0.25, 0.3) is 0 Å². The molecule has 0 aliphatic heterocycles. The van der Waals surface area contributed by atoms with Crippen LogP contribution in [0.1, 0.15) is 23.2 Å². The van der Waals surface area contributed by atoms with Crippen LogP contribution in [0.5, 0.6) is 11.5 Å². The van der Waals surface area contributed by atoms with E-state index in [-0.39, 0.29) is 17.1 Å². The molecule has 1 aromatic carbocycles. The first-order valence-electron chi connectivity index (χ1n) is 5.57. The minimum Gasteiger partial charge on any atom is -0.492 e. The Morgan fingerprint density at radius 3 is 2.72 bits per heavy atom. The third-order valence-corrected chi connectivity index (χ3v) is 2.62. The van der Waals surface area contributed by atoms with Crippen molar-refractivity contribution in [3.63, 3.8) is 0 Å². The molecule has 4 nitrogen and oxygen atoms in total. The molecule has 1 aliphatic carbocycles. The number of alkyl halides is 2. The number of rotatable bonds is 6. The molecule has 1 aromatic rings. The van der Waals surface area contributed by atoms with Gasteiger partial charge >= 0.3 is 6.61 Å². The summed E-state index contributed by atoms with van der Waals surface area (Å²) in [6, 6.07) is 3.84. The number of hydrogen-bond acceptors (Lipinski definition) is 3. The maximum Gasteiger partial charge on any atom is 0.387 e. The first kappa shape index (κ1) is 12.6. The molecule has 0 aromatic heterocycles. The van der Waals surface area contributed by atoms with Crippen LogP contribution in [-0.2, 0) is 0 Å². The lowest BCUT2D eigenvalue weighted by Gasteiger charge is -2.11. The summed E-state index contributed by atoms with van der Waals surface area (Å²) in [7, 11) is 0. The van der Waals surface area contributed by atoms with Gasteiger partial charge in [-0.15, -0.1) is 0 Å². The van der Waals surface area contributed by atoms with Crippen molar-refractivity contribution in [1.29, 1.82) is 0 Å². The van der Waals surface area contributed by atoms with E-state index < -0.39 is 12.5 Å². The van der Waals surface area contributed by atoms with Gasteiger partial charge in [0, 0.05) is 6.07 Å². The van der Waals surface area contributed by atoms with Crippen LogP contribution in [0.15, 0.2) is 18.2 Å². The normalized spacial score (nSPS) is 14.6. The predicted molar refractivity (Wildman–Crippen MR) is 59.8 cm³/mol. The van der Waals surface area contributed by atoms with Gasteiger partial charge in [0.25, 0.3) is 5.91 Å². The van der Waals surface area contributed by atoms with Crippen LogP contribution >= 0.6 is 0 Å². The molecular weight excluding hydrogens is 244 g/mol. The highest BCUT2D eigenvalue weighted by molar-refractivity contribution is 5.95. The number of carbonyl (C=O) groups excluding carboxylic acids is 1. The second-order valence-electron chi connectivity index (χ2n) is 4.16. The van der Waals surface area contributed by atoms with E-state index in [0.717, 1.165) is 12.8 Å². The molecule has 1 saturated carbocycles. The van der Waals surface area contributed by atoms with E-state index in [4.69, 9.17) is 10.5 Å². The molecule has 0 saturated heterocycles. The zero-order valence-corrected chi connectivity index (χ0v) is 9.57. The topological polar surface area (TPSA) is 61.6 Å². The summed E-state index contributed by atoms with van der Waals surface area (Å²) in [6.45, 7) is -2.46. The van der Waals surface area contributed by atoms with Crippen molar-refractivity contribution in [3.05, 3.63) is 23.8 Å². The fraction of sp³-hybridized carbons (Fsp3) is 0.417. The standard InChI is InChI=1S/C12H13F2NO3/c13-12(14)18-8-3-4-9(11(15)16)10(5-8)17-6-7-1-2-7/h3-5,7,12H,1-2,6H2,(H2,15,16). The number of amides is 1. The van der Waals surface area contributed by atoms with E-state index in [1.165, 1.54) is 18.2 Å². The second kappa shape index (κ2) is 5.20. The van der Waals surface area contributed by atoms with Gasteiger partial charge in [-0.2, -0.15) is 8.78 Å². The Morgan fingerprint density at radius 2 is 2.17 bits per heavy atom. The average Bonchev–Trinajstić information content (AvgIpc) is 3.09. The zero-order chi connectivity index (χ0) is 13.1. The van der Waals surface area contributed by atoms with Gasteiger partial charge in [0.15, 0.2) is 0 Å². The highest BCUT2D eigenvalue weighted by Crippen LogP contribution is 2.31. The number of benzene rings is 1. The highest BCUT2D eigenvalue weighted by Gasteiger charge is 2.23. The van der Waals surface area contributed by atoms with Crippen molar-refractivity contribution in [2.75, 3.05) is 6.61 Å². The van der Waals surface area contributed by atoms with Crippen molar-refractivity contribution in [2.24, 2.45) is 11.7 Å². The van der Waals surface area contributed by atoms with Gasteiger partial charge in [-0.05, 0) is 30.9 Å². The molecule has 1 fully saturated rings. The van der Waals surface area contributed by atoms with Crippen LogP contribution in [0, 0.1) is 5.92 Å². The quantitative estimate of drug-likeness (QED) is 0.849. The fourth-order valence-corrected chi connectivity index (χ4v) is 1.49. The van der Waals surface area contributed by atoms with E-state index in [1.807, 2.05) is 0 Å². The molecule has 18 heavy (non-hydrogen) atoms. The number of primary amides is 1. The molecule has 0 atom stereocenters. The van der Waals surface area contributed by atoms with Crippen LogP contribution in [0.4, 0.5) is 8.78 Å². The Hall–Kier alpha value is -1.85. The van der Waals surface area contributed by atoms with Gasteiger partial charge < -0.3 is 15.2 Å². The SMILES string of the molecule is NC(=O)c1ccc(OC(F)F)cc1OCC1CC1. The number of carbonyl (C=O) groups is 1. The Kier molecular flexibility index (Phi) is 3.64. The zero-order valence-electron chi connectivity index (χ0n) is 9.57. The van der Waals surface area contributed by atoms with Crippen LogP contribution in [-0.4, -0.2) is 19.1 Å². The average molecular weight is 257 g/mol. The third-order valence-electron chi connectivity index (χ3n) is 2.62. The minimum atomic E-state index is -2.92. The second-order valence-corrected chi connectivity index (χ2v) is 4.16. The lowest BCUT2D eigenvalue weighted by atomic mass is 10.2. The van der Waals surface area contributed by atoms with E-state index in [9.17, 15) is 13.6 Å². The van der Waals surface area contributed by atoms with Crippen molar-refractivity contribution in [3.8, 4) is 11.5 Å². The summed E-state index contributed by atoms with van der Waals surface area (Å²) in [5.41, 5.74) is 5.34. The van der Waals surface area contributed by atoms with Gasteiger partial charge in [-0.25, -0.2) is 0 Å². The van der Waals surface area contributed by atoms with Crippen molar-refractivity contribution >= 4 is 5.91 Å². The van der Waals surface area contributed by atoms with E-state index in [2.05, 4.69) is 4.74 Å². The first-order chi connectivity index (χ1) is 8.56. The number of nitrogens with two attached hydrogens (primary N) is 1. The van der Waals surface area contributed by atoms with Crippen molar-refractivity contribution in [1.82, 2.24) is 0 Å². The molecule has 0 radical (unpaired) electrons. The lowest BCUT2D eigenvalue weighted by Crippen LogP contribution is -2.14. The smallest absolute Gasteiger partial charge is 0.387 e. The predicted octanol–water partition coefficient (Wildman–Crippen LogP) is 2.18. The summed E-state index contributed by atoms with van der Waals surface area (Å²) >= 11 is 0. The first-order valence-corrected chi connectivity index (χ1v) is 5.57. The molecular formula is C12H13F2NO3. The minimum absolute atomic E-state index is 0.0548. The molecule has 0 bridgehead atoms. The van der Waals surface area contributed by atoms with Gasteiger partial charge in [0.05, 0.1) is 12.2 Å². The van der Waals surface area contributed by atoms with E-state index in [1.54, 1.807) is 0 Å². The maximum atomic E-state index is 12.1. The molecule has 0 spiro atoms. The molecule has 2 N–H and O–H groups in total. The van der Waals surface area contributed by atoms with Gasteiger partial charge in [-0.1, -0.05) is 0 Å². The number of hydrogen-bond donors (Lipinski definition) is 1. The summed E-state index contributed by atoms with van der Waals surface area (Å²) in [4.78, 5) is 11.2. The Morgan fingerprint density at radius 1 is 1.44 bits per heavy atom. The molecule has 98 valence electrons.